The van der Waals surface area contributed by atoms with Crippen LogP contribution in [0.5, 0.6) is 11.5 Å². The number of carbonyl (C=O) groups is 3. The summed E-state index contributed by atoms with van der Waals surface area (Å²) in [5, 5.41) is 11.5. The summed E-state index contributed by atoms with van der Waals surface area (Å²) < 4.78 is 15.6. The highest BCUT2D eigenvalue weighted by molar-refractivity contribution is 6.52. The van der Waals surface area contributed by atoms with Crippen LogP contribution in [-0.2, 0) is 25.5 Å². The molecule has 202 valence electrons. The van der Waals surface area contributed by atoms with Gasteiger partial charge in [-0.3, -0.25) is 24.3 Å². The summed E-state index contributed by atoms with van der Waals surface area (Å²) in [5.41, 5.74) is 1.12. The van der Waals surface area contributed by atoms with Gasteiger partial charge in [0.05, 0.1) is 49.1 Å². The summed E-state index contributed by atoms with van der Waals surface area (Å²) in [6.07, 6.45) is 1.56. The molecule has 1 unspecified atom stereocenters. The Hall–Kier alpha value is -4.08. The molecule has 0 bridgehead atoms. The lowest BCUT2D eigenvalue weighted by Gasteiger charge is -2.25. The van der Waals surface area contributed by atoms with Gasteiger partial charge in [0, 0.05) is 11.9 Å². The molecule has 0 radical (unpaired) electrons. The molecular formula is C28H24Cl2N2O7. The lowest BCUT2D eigenvalue weighted by atomic mass is 9.97. The maximum Gasteiger partial charge on any atom is 0.310 e. The molecule has 11 heteroatoms. The van der Waals surface area contributed by atoms with E-state index in [9.17, 15) is 19.5 Å². The summed E-state index contributed by atoms with van der Waals surface area (Å²) in [6.45, 7) is 1.99. The molecule has 1 amide bonds. The first-order valence-corrected chi connectivity index (χ1v) is 12.6. The van der Waals surface area contributed by atoms with Gasteiger partial charge in [0.15, 0.2) is 11.5 Å². The van der Waals surface area contributed by atoms with Crippen LogP contribution >= 0.6 is 23.2 Å². The lowest BCUT2D eigenvalue weighted by molar-refractivity contribution is -0.142. The molecule has 0 spiro atoms. The number of pyridine rings is 1. The van der Waals surface area contributed by atoms with Crippen LogP contribution in [0.15, 0.2) is 60.3 Å². The van der Waals surface area contributed by atoms with Crippen molar-refractivity contribution in [2.24, 2.45) is 0 Å². The van der Waals surface area contributed by atoms with Crippen molar-refractivity contribution < 1.29 is 33.7 Å². The van der Waals surface area contributed by atoms with Crippen LogP contribution in [0.25, 0.3) is 5.76 Å². The average Bonchev–Trinajstić information content (AvgIpc) is 3.19. The number of anilines is 1. The smallest absolute Gasteiger partial charge is 0.310 e. The van der Waals surface area contributed by atoms with Crippen molar-refractivity contribution >= 4 is 52.3 Å². The number of amides is 1. The molecule has 9 nitrogen and oxygen atoms in total. The van der Waals surface area contributed by atoms with Crippen LogP contribution in [-0.4, -0.2) is 48.6 Å². The number of aliphatic hydroxyl groups excluding tert-OH is 1. The quantitative estimate of drug-likeness (QED) is 0.171. The van der Waals surface area contributed by atoms with Crippen molar-refractivity contribution in [3.8, 4) is 11.5 Å². The largest absolute Gasteiger partial charge is 0.507 e. The number of ether oxygens (including phenoxy) is 3. The van der Waals surface area contributed by atoms with Crippen LogP contribution in [0.3, 0.4) is 0 Å². The van der Waals surface area contributed by atoms with Crippen molar-refractivity contribution in [2.45, 2.75) is 19.4 Å². The van der Waals surface area contributed by atoms with Gasteiger partial charge in [-0.1, -0.05) is 41.4 Å². The molecule has 2 heterocycles. The van der Waals surface area contributed by atoms with Crippen LogP contribution in [0.4, 0.5) is 5.69 Å². The number of aromatic nitrogens is 1. The normalized spacial score (nSPS) is 16.3. The first-order chi connectivity index (χ1) is 18.7. The Morgan fingerprint density at radius 1 is 1.05 bits per heavy atom. The maximum absolute atomic E-state index is 13.4. The maximum atomic E-state index is 13.4. The van der Waals surface area contributed by atoms with Crippen molar-refractivity contribution in [1.82, 2.24) is 4.98 Å². The van der Waals surface area contributed by atoms with E-state index in [1.54, 1.807) is 49.4 Å². The number of halogens is 2. The lowest BCUT2D eigenvalue weighted by Crippen LogP contribution is -2.29. The van der Waals surface area contributed by atoms with Crippen molar-refractivity contribution in [1.29, 1.82) is 0 Å². The van der Waals surface area contributed by atoms with Gasteiger partial charge in [-0.25, -0.2) is 0 Å². The molecule has 1 fully saturated rings. The van der Waals surface area contributed by atoms with E-state index in [0.29, 0.717) is 16.9 Å². The molecule has 3 aromatic rings. The van der Waals surface area contributed by atoms with Crippen LogP contribution in [0, 0.1) is 0 Å². The third-order valence-electron chi connectivity index (χ3n) is 6.08. The minimum atomic E-state index is -1.09. The second-order valence-electron chi connectivity index (χ2n) is 8.36. The number of aliphatic hydroxyl groups is 1. The number of hydrogen-bond acceptors (Lipinski definition) is 8. The molecular weight excluding hydrogens is 547 g/mol. The molecule has 2 aromatic carbocycles. The van der Waals surface area contributed by atoms with E-state index in [4.69, 9.17) is 37.4 Å². The first-order valence-electron chi connectivity index (χ1n) is 11.8. The highest BCUT2D eigenvalue weighted by Gasteiger charge is 2.48. The number of benzene rings is 2. The molecule has 1 aromatic heterocycles. The Morgan fingerprint density at radius 2 is 1.74 bits per heavy atom. The van der Waals surface area contributed by atoms with Crippen molar-refractivity contribution in [2.75, 3.05) is 25.7 Å². The van der Waals surface area contributed by atoms with Gasteiger partial charge in [0.2, 0.25) is 0 Å². The number of esters is 1. The summed E-state index contributed by atoms with van der Waals surface area (Å²) >= 11 is 12.7. The zero-order valence-electron chi connectivity index (χ0n) is 21.2. The Bertz CT molecular complexity index is 1460. The highest BCUT2D eigenvalue weighted by atomic mass is 35.5. The van der Waals surface area contributed by atoms with Crippen molar-refractivity contribution in [3.63, 3.8) is 0 Å². The molecule has 1 aliphatic rings. The third-order valence-corrected chi connectivity index (χ3v) is 6.70. The Morgan fingerprint density at radius 3 is 2.33 bits per heavy atom. The second kappa shape index (κ2) is 11.8. The van der Waals surface area contributed by atoms with Gasteiger partial charge < -0.3 is 19.3 Å². The number of methoxy groups -OCH3 is 2. The minimum Gasteiger partial charge on any atom is -0.507 e. The topological polar surface area (TPSA) is 115 Å². The van der Waals surface area contributed by atoms with Crippen molar-refractivity contribution in [3.05, 3.63) is 87.2 Å². The summed E-state index contributed by atoms with van der Waals surface area (Å²) in [4.78, 5) is 44.3. The van der Waals surface area contributed by atoms with Gasteiger partial charge in [-0.2, -0.15) is 0 Å². The molecule has 39 heavy (non-hydrogen) atoms. The van der Waals surface area contributed by atoms with E-state index in [2.05, 4.69) is 4.98 Å². The Kier molecular flexibility index (Phi) is 8.42. The van der Waals surface area contributed by atoms with E-state index in [1.807, 2.05) is 0 Å². The third kappa shape index (κ3) is 5.28. The van der Waals surface area contributed by atoms with E-state index < -0.39 is 23.5 Å². The standard InChI is InChI=1S/C28H24Cl2N2O7/c1-4-39-20(33)13-15-8-10-16(11-9-15)32-23(19-7-5-6-12-31-19)21(25(35)28(32)36)24(34)17-14-18(29)27(38-3)22(30)26(17)37-2/h5-12,14,23,34H,4,13H2,1-3H3/b24-21+. The summed E-state index contributed by atoms with van der Waals surface area (Å²) in [7, 11) is 2.70. The first kappa shape index (κ1) is 27.9. The molecule has 1 atom stereocenters. The van der Waals surface area contributed by atoms with Gasteiger partial charge in [0.1, 0.15) is 16.8 Å². The molecule has 4 rings (SSSR count). The van der Waals surface area contributed by atoms with Crippen LogP contribution in [0.1, 0.15) is 29.8 Å². The highest BCUT2D eigenvalue weighted by Crippen LogP contribution is 2.47. The summed E-state index contributed by atoms with van der Waals surface area (Å²) in [5.74, 6) is -2.63. The van der Waals surface area contributed by atoms with E-state index in [-0.39, 0.29) is 51.7 Å². The van der Waals surface area contributed by atoms with E-state index >= 15 is 0 Å². The molecule has 0 saturated carbocycles. The van der Waals surface area contributed by atoms with Gasteiger partial charge in [-0.05, 0) is 42.8 Å². The number of hydrogen-bond donors (Lipinski definition) is 1. The van der Waals surface area contributed by atoms with Crippen LogP contribution < -0.4 is 14.4 Å². The number of Topliss-reactive ketones (excluding diaryl/α,β-unsaturated/α-hetero) is 1. The SMILES string of the molecule is CCOC(=O)Cc1ccc(N2C(=O)C(=O)/C(=C(/O)c3cc(Cl)c(OC)c(Cl)c3OC)C2c2ccccn2)cc1. The fourth-order valence-electron chi connectivity index (χ4n) is 4.36. The molecule has 1 aliphatic heterocycles. The predicted octanol–water partition coefficient (Wildman–Crippen LogP) is 5.14. The van der Waals surface area contributed by atoms with Gasteiger partial charge in [-0.15, -0.1) is 0 Å². The van der Waals surface area contributed by atoms with Gasteiger partial charge in [0.25, 0.3) is 11.7 Å². The molecule has 1 saturated heterocycles. The second-order valence-corrected chi connectivity index (χ2v) is 9.14. The fourth-order valence-corrected chi connectivity index (χ4v) is 5.05. The molecule has 0 aliphatic carbocycles. The predicted molar refractivity (Wildman–Crippen MR) is 145 cm³/mol. The Balaban J connectivity index is 1.88. The molecule has 1 N–H and O–H groups in total. The summed E-state index contributed by atoms with van der Waals surface area (Å²) in [6, 6.07) is 11.8. The van der Waals surface area contributed by atoms with Crippen LogP contribution in [0.2, 0.25) is 10.0 Å². The minimum absolute atomic E-state index is 0.00276. The van der Waals surface area contributed by atoms with E-state index in [0.717, 1.165) is 0 Å². The zero-order chi connectivity index (χ0) is 28.3. The monoisotopic (exact) mass is 570 g/mol. The number of nitrogens with zero attached hydrogens (tertiary/aromatic N) is 2. The fraction of sp³-hybridized carbons (Fsp3) is 0.214. The average molecular weight is 571 g/mol. The van der Waals surface area contributed by atoms with Gasteiger partial charge >= 0.3 is 5.97 Å². The Labute approximate surface area is 234 Å². The number of ketones is 1. The van der Waals surface area contributed by atoms with E-state index in [1.165, 1.54) is 31.4 Å². The number of rotatable bonds is 8. The number of carbonyl (C=O) groups excluding carboxylic acids is 3. The zero-order valence-corrected chi connectivity index (χ0v) is 22.7.